The number of hydrogen-bond acceptors (Lipinski definition) is 5. The lowest BCUT2D eigenvalue weighted by molar-refractivity contribution is -0.113. The topological polar surface area (TPSA) is 81.1 Å². The van der Waals surface area contributed by atoms with Gasteiger partial charge in [0.1, 0.15) is 18.1 Å². The molecule has 2 heterocycles. The van der Waals surface area contributed by atoms with Crippen molar-refractivity contribution in [1.82, 2.24) is 14.8 Å². The molecule has 1 aromatic heterocycles. The molecule has 0 aliphatic carbocycles. The molecule has 2 N–H and O–H groups in total. The largest absolute Gasteiger partial charge is 0.494 e. The summed E-state index contributed by atoms with van der Waals surface area (Å²) < 4.78 is 7.58. The Balaban J connectivity index is 1.79. The number of nitrogens with one attached hydrogen (secondary N) is 2. The van der Waals surface area contributed by atoms with Gasteiger partial charge in [-0.25, -0.2) is 4.68 Å². The summed E-state index contributed by atoms with van der Waals surface area (Å²) in [6.45, 7) is 8.36. The molecule has 2 aromatic carbocycles. The molecule has 0 radical (unpaired) electrons. The standard InChI is InChI=1S/C23H25N5O2/c1-5-30-19-9-7-6-8-17(19)21-20(16(4)26-23-24-13-25-28(21)23)22(29)27-18-11-10-14(2)12-15(18)3/h6-13,21H,5H2,1-4H3,(H,27,29)(H,24,25,26)/t21-/m0/s1. The van der Waals surface area contributed by atoms with Crippen LogP contribution in [0, 0.1) is 13.8 Å². The Hall–Kier alpha value is -3.61. The first-order valence-corrected chi connectivity index (χ1v) is 9.97. The Morgan fingerprint density at radius 3 is 2.77 bits per heavy atom. The van der Waals surface area contributed by atoms with Gasteiger partial charge in [-0.05, 0) is 45.4 Å². The van der Waals surface area contributed by atoms with E-state index in [1.165, 1.54) is 6.33 Å². The summed E-state index contributed by atoms with van der Waals surface area (Å²) in [5.74, 6) is 1.12. The van der Waals surface area contributed by atoms with Crippen molar-refractivity contribution in [3.63, 3.8) is 0 Å². The molecule has 30 heavy (non-hydrogen) atoms. The van der Waals surface area contributed by atoms with Crippen LogP contribution in [0.2, 0.25) is 0 Å². The Labute approximate surface area is 175 Å². The summed E-state index contributed by atoms with van der Waals surface area (Å²) in [6.07, 6.45) is 1.48. The van der Waals surface area contributed by atoms with Crippen LogP contribution in [-0.2, 0) is 4.79 Å². The molecule has 1 amide bonds. The third kappa shape index (κ3) is 3.54. The van der Waals surface area contributed by atoms with Gasteiger partial charge in [0.2, 0.25) is 5.95 Å². The first-order chi connectivity index (χ1) is 14.5. The number of rotatable bonds is 5. The quantitative estimate of drug-likeness (QED) is 0.667. The molecule has 1 aliphatic heterocycles. The number of anilines is 2. The fourth-order valence-corrected chi connectivity index (χ4v) is 3.81. The van der Waals surface area contributed by atoms with E-state index in [1.54, 1.807) is 4.68 Å². The van der Waals surface area contributed by atoms with Gasteiger partial charge in [0.15, 0.2) is 0 Å². The number of aromatic nitrogens is 3. The minimum absolute atomic E-state index is 0.190. The van der Waals surface area contributed by atoms with Crippen molar-refractivity contribution < 1.29 is 9.53 Å². The highest BCUT2D eigenvalue weighted by atomic mass is 16.5. The molecular formula is C23H25N5O2. The highest BCUT2D eigenvalue weighted by Crippen LogP contribution is 2.39. The zero-order valence-corrected chi connectivity index (χ0v) is 17.6. The van der Waals surface area contributed by atoms with Crippen molar-refractivity contribution in [2.24, 2.45) is 0 Å². The van der Waals surface area contributed by atoms with Gasteiger partial charge in [-0.15, -0.1) is 0 Å². The molecule has 1 atom stereocenters. The maximum absolute atomic E-state index is 13.5. The summed E-state index contributed by atoms with van der Waals surface area (Å²) in [6, 6.07) is 13.2. The lowest BCUT2D eigenvalue weighted by atomic mass is 9.94. The molecule has 0 saturated heterocycles. The number of nitrogens with zero attached hydrogens (tertiary/aromatic N) is 3. The number of hydrogen-bond donors (Lipinski definition) is 2. The molecule has 1 aliphatic rings. The van der Waals surface area contributed by atoms with Gasteiger partial charge < -0.3 is 15.4 Å². The first-order valence-electron chi connectivity index (χ1n) is 9.97. The molecule has 0 unspecified atom stereocenters. The predicted molar refractivity (Wildman–Crippen MR) is 117 cm³/mol. The second-order valence-corrected chi connectivity index (χ2v) is 7.34. The van der Waals surface area contributed by atoms with Gasteiger partial charge in [0.05, 0.1) is 12.2 Å². The van der Waals surface area contributed by atoms with Gasteiger partial charge in [-0.1, -0.05) is 35.9 Å². The van der Waals surface area contributed by atoms with Crippen LogP contribution < -0.4 is 15.4 Å². The van der Waals surface area contributed by atoms with E-state index in [1.807, 2.05) is 70.2 Å². The monoisotopic (exact) mass is 403 g/mol. The van der Waals surface area contributed by atoms with Crippen LogP contribution in [0.25, 0.3) is 0 Å². The number of amides is 1. The van der Waals surface area contributed by atoms with Crippen LogP contribution in [0.5, 0.6) is 5.75 Å². The molecule has 7 heteroatoms. The number of allylic oxidation sites excluding steroid dienone is 1. The van der Waals surface area contributed by atoms with E-state index in [2.05, 4.69) is 20.7 Å². The fourth-order valence-electron chi connectivity index (χ4n) is 3.81. The first kappa shape index (κ1) is 19.7. The Morgan fingerprint density at radius 1 is 1.20 bits per heavy atom. The SMILES string of the molecule is CCOc1ccccc1[C@H]1C(C(=O)Nc2ccc(C)cc2C)=C(C)Nc2ncnn21. The van der Waals surface area contributed by atoms with Crippen molar-refractivity contribution in [3.8, 4) is 5.75 Å². The van der Waals surface area contributed by atoms with E-state index >= 15 is 0 Å². The molecule has 0 fully saturated rings. The average molecular weight is 403 g/mol. The van der Waals surface area contributed by atoms with E-state index < -0.39 is 6.04 Å². The maximum atomic E-state index is 13.5. The number of ether oxygens (including phenoxy) is 1. The highest BCUT2D eigenvalue weighted by molar-refractivity contribution is 6.06. The lowest BCUT2D eigenvalue weighted by Gasteiger charge is -2.29. The molecule has 0 spiro atoms. The van der Waals surface area contributed by atoms with Crippen LogP contribution in [0.3, 0.4) is 0 Å². The van der Waals surface area contributed by atoms with Crippen molar-refractivity contribution >= 4 is 17.5 Å². The number of benzene rings is 2. The average Bonchev–Trinajstić information content (AvgIpc) is 3.18. The number of fused-ring (bicyclic) bond motifs is 1. The summed E-state index contributed by atoms with van der Waals surface area (Å²) in [7, 11) is 0. The molecule has 0 saturated carbocycles. The summed E-state index contributed by atoms with van der Waals surface area (Å²) >= 11 is 0. The third-order valence-electron chi connectivity index (χ3n) is 5.18. The minimum atomic E-state index is -0.461. The lowest BCUT2D eigenvalue weighted by Crippen LogP contribution is -2.32. The molecule has 4 rings (SSSR count). The van der Waals surface area contributed by atoms with Crippen molar-refractivity contribution in [3.05, 3.63) is 76.8 Å². The molecule has 0 bridgehead atoms. The van der Waals surface area contributed by atoms with Crippen LogP contribution in [0.1, 0.15) is 36.6 Å². The van der Waals surface area contributed by atoms with E-state index in [0.29, 0.717) is 18.1 Å². The van der Waals surface area contributed by atoms with Gasteiger partial charge in [-0.2, -0.15) is 10.1 Å². The smallest absolute Gasteiger partial charge is 0.255 e. The summed E-state index contributed by atoms with van der Waals surface area (Å²) in [5, 5.41) is 10.7. The number of para-hydroxylation sites is 1. The normalized spacial score (nSPS) is 15.4. The van der Waals surface area contributed by atoms with Crippen molar-refractivity contribution in [1.29, 1.82) is 0 Å². The van der Waals surface area contributed by atoms with Gasteiger partial charge >= 0.3 is 0 Å². The Bertz CT molecular complexity index is 1130. The Kier molecular flexibility index (Phi) is 5.27. The maximum Gasteiger partial charge on any atom is 0.255 e. The number of aryl methyl sites for hydroxylation is 2. The predicted octanol–water partition coefficient (Wildman–Crippen LogP) is 4.22. The van der Waals surface area contributed by atoms with E-state index in [9.17, 15) is 4.79 Å². The molecule has 154 valence electrons. The van der Waals surface area contributed by atoms with Gasteiger partial charge in [0, 0.05) is 16.9 Å². The van der Waals surface area contributed by atoms with Crippen molar-refractivity contribution in [2.45, 2.75) is 33.7 Å². The van der Waals surface area contributed by atoms with E-state index in [4.69, 9.17) is 4.74 Å². The van der Waals surface area contributed by atoms with Crippen LogP contribution in [0.4, 0.5) is 11.6 Å². The number of carbonyl (C=O) groups is 1. The van der Waals surface area contributed by atoms with Gasteiger partial charge in [-0.3, -0.25) is 4.79 Å². The molecular weight excluding hydrogens is 378 g/mol. The zero-order chi connectivity index (χ0) is 21.3. The van der Waals surface area contributed by atoms with Gasteiger partial charge in [0.25, 0.3) is 5.91 Å². The van der Waals surface area contributed by atoms with E-state index in [0.717, 1.165) is 33.8 Å². The molecule has 3 aromatic rings. The second kappa shape index (κ2) is 8.02. The third-order valence-corrected chi connectivity index (χ3v) is 5.18. The number of carbonyl (C=O) groups excluding carboxylic acids is 1. The second-order valence-electron chi connectivity index (χ2n) is 7.34. The highest BCUT2D eigenvalue weighted by Gasteiger charge is 2.35. The minimum Gasteiger partial charge on any atom is -0.494 e. The van der Waals surface area contributed by atoms with Crippen molar-refractivity contribution in [2.75, 3.05) is 17.2 Å². The van der Waals surface area contributed by atoms with Crippen LogP contribution >= 0.6 is 0 Å². The fraction of sp³-hybridized carbons (Fsp3) is 0.261. The van der Waals surface area contributed by atoms with Crippen LogP contribution in [0.15, 0.2) is 60.1 Å². The molecule has 7 nitrogen and oxygen atoms in total. The Morgan fingerprint density at radius 2 is 2.00 bits per heavy atom. The summed E-state index contributed by atoms with van der Waals surface area (Å²) in [4.78, 5) is 17.8. The summed E-state index contributed by atoms with van der Waals surface area (Å²) in [5.41, 5.74) is 5.10. The van der Waals surface area contributed by atoms with Crippen LogP contribution in [-0.4, -0.2) is 27.3 Å². The van der Waals surface area contributed by atoms with E-state index in [-0.39, 0.29) is 5.91 Å². The zero-order valence-electron chi connectivity index (χ0n) is 17.6.